The van der Waals surface area contributed by atoms with E-state index in [2.05, 4.69) is 10.8 Å². The molecule has 0 aromatic carbocycles. The average Bonchev–Trinajstić information content (AvgIpc) is 2.18. The second-order valence-corrected chi connectivity index (χ2v) is 2.25. The quantitative estimate of drug-likeness (QED) is 0.396. The molecule has 2 unspecified atom stereocenters. The summed E-state index contributed by atoms with van der Waals surface area (Å²) in [6, 6.07) is 0.458. The molecule has 4 nitrogen and oxygen atoms in total. The number of hydrogen-bond donors (Lipinski definition) is 3. The Hall–Kier alpha value is -0.160. The highest BCUT2D eigenvalue weighted by molar-refractivity contribution is 4.87. The smallest absolute Gasteiger partial charge is 0.0609 e. The molecule has 0 aromatic rings. The number of nitrogens with two attached hydrogens (primary N) is 1. The molecule has 0 amide bonds. The molecular weight excluding hydrogens is 118 g/mol. The topological polar surface area (TPSA) is 59.3 Å². The average molecular weight is 131 g/mol. The fourth-order valence-corrected chi connectivity index (χ4v) is 0.980. The zero-order valence-corrected chi connectivity index (χ0v) is 5.55. The van der Waals surface area contributed by atoms with Crippen molar-refractivity contribution in [3.05, 3.63) is 0 Å². The van der Waals surface area contributed by atoms with Crippen molar-refractivity contribution < 1.29 is 4.84 Å². The molecule has 0 aliphatic carbocycles. The third-order valence-corrected chi connectivity index (χ3v) is 1.53. The molecule has 0 saturated carbocycles. The maximum Gasteiger partial charge on any atom is 0.0609 e. The van der Waals surface area contributed by atoms with E-state index in [1.165, 1.54) is 0 Å². The fraction of sp³-hybridized carbons (Fsp3) is 1.00. The van der Waals surface area contributed by atoms with Crippen LogP contribution in [0.15, 0.2) is 0 Å². The summed E-state index contributed by atoms with van der Waals surface area (Å²) in [5.41, 5.74) is 8.47. The highest BCUT2D eigenvalue weighted by Crippen LogP contribution is 1.94. The van der Waals surface area contributed by atoms with Crippen LogP contribution in [0, 0.1) is 0 Å². The fourth-order valence-electron chi connectivity index (χ4n) is 0.980. The van der Waals surface area contributed by atoms with Crippen LogP contribution < -0.4 is 16.5 Å². The van der Waals surface area contributed by atoms with Gasteiger partial charge < -0.3 is 15.9 Å². The highest BCUT2D eigenvalue weighted by atomic mass is 16.6. The van der Waals surface area contributed by atoms with Gasteiger partial charge >= 0.3 is 0 Å². The van der Waals surface area contributed by atoms with Gasteiger partial charge in [-0.1, -0.05) is 0 Å². The van der Waals surface area contributed by atoms with Crippen molar-refractivity contribution >= 4 is 0 Å². The molecule has 1 fully saturated rings. The third-order valence-electron chi connectivity index (χ3n) is 1.53. The minimum Gasteiger partial charge on any atom is -0.325 e. The van der Waals surface area contributed by atoms with Gasteiger partial charge in [-0.2, -0.15) is 5.48 Å². The van der Waals surface area contributed by atoms with Crippen molar-refractivity contribution in [3.8, 4) is 0 Å². The van der Waals surface area contributed by atoms with Crippen LogP contribution in [0.4, 0.5) is 0 Å². The maximum absolute atomic E-state index is 5.66. The van der Waals surface area contributed by atoms with Crippen LogP contribution in [0.25, 0.3) is 0 Å². The number of nitrogens with one attached hydrogen (secondary N) is 2. The molecule has 0 radical (unpaired) electrons. The van der Waals surface area contributed by atoms with E-state index in [4.69, 9.17) is 10.6 Å². The monoisotopic (exact) mass is 131 g/mol. The number of rotatable bonds is 2. The van der Waals surface area contributed by atoms with Gasteiger partial charge in [0.2, 0.25) is 0 Å². The Kier molecular flexibility index (Phi) is 2.41. The lowest BCUT2D eigenvalue weighted by atomic mass is 10.2. The predicted molar refractivity (Wildman–Crippen MR) is 34.8 cm³/mol. The van der Waals surface area contributed by atoms with E-state index < -0.39 is 0 Å². The summed E-state index contributed by atoms with van der Waals surface area (Å²) in [5.74, 6) is 0. The van der Waals surface area contributed by atoms with E-state index in [-0.39, 0.29) is 12.1 Å². The molecule has 0 aromatic heterocycles. The van der Waals surface area contributed by atoms with Crippen LogP contribution in [-0.2, 0) is 4.84 Å². The zero-order chi connectivity index (χ0) is 6.69. The summed E-state index contributed by atoms with van der Waals surface area (Å²) in [5, 5.41) is 3.14. The van der Waals surface area contributed by atoms with Gasteiger partial charge in [-0.3, -0.25) is 0 Å². The summed E-state index contributed by atoms with van der Waals surface area (Å²) in [4.78, 5) is 4.73. The summed E-state index contributed by atoms with van der Waals surface area (Å²) >= 11 is 0. The number of hydroxylamine groups is 1. The first-order chi connectivity index (χ1) is 4.34. The van der Waals surface area contributed by atoms with Crippen molar-refractivity contribution in [2.75, 3.05) is 20.2 Å². The molecule has 1 aliphatic heterocycles. The predicted octanol–water partition coefficient (Wildman–Crippen LogP) is -1.56. The maximum atomic E-state index is 5.66. The molecule has 1 rings (SSSR count). The zero-order valence-electron chi connectivity index (χ0n) is 5.55. The largest absolute Gasteiger partial charge is 0.325 e. The molecule has 54 valence electrons. The summed E-state index contributed by atoms with van der Waals surface area (Å²) < 4.78 is 0. The van der Waals surface area contributed by atoms with Gasteiger partial charge in [0.25, 0.3) is 0 Å². The molecule has 1 heterocycles. The van der Waals surface area contributed by atoms with Crippen LogP contribution in [0.5, 0.6) is 0 Å². The molecule has 0 spiro atoms. The second-order valence-electron chi connectivity index (χ2n) is 2.25. The van der Waals surface area contributed by atoms with Crippen LogP contribution in [0.3, 0.4) is 0 Å². The molecule has 1 aliphatic rings. The van der Waals surface area contributed by atoms with Gasteiger partial charge in [-0.15, -0.1) is 0 Å². The lowest BCUT2D eigenvalue weighted by Gasteiger charge is -2.12. The van der Waals surface area contributed by atoms with E-state index >= 15 is 0 Å². The van der Waals surface area contributed by atoms with E-state index in [0.717, 1.165) is 13.1 Å². The van der Waals surface area contributed by atoms with E-state index in [1.54, 1.807) is 7.11 Å². The van der Waals surface area contributed by atoms with E-state index in [1.807, 2.05) is 0 Å². The Morgan fingerprint density at radius 3 is 2.89 bits per heavy atom. The Bertz CT molecular complexity index is 88.3. The van der Waals surface area contributed by atoms with Gasteiger partial charge in [0.05, 0.1) is 13.2 Å². The molecule has 4 heteroatoms. The van der Waals surface area contributed by atoms with Gasteiger partial charge in [-0.05, 0) is 0 Å². The highest BCUT2D eigenvalue weighted by Gasteiger charge is 2.22. The third kappa shape index (κ3) is 1.62. The van der Waals surface area contributed by atoms with Crippen LogP contribution >= 0.6 is 0 Å². The van der Waals surface area contributed by atoms with Gasteiger partial charge in [0.15, 0.2) is 0 Å². The summed E-state index contributed by atoms with van der Waals surface area (Å²) in [6.07, 6.45) is 0. The minimum atomic E-state index is 0.185. The van der Waals surface area contributed by atoms with Crippen LogP contribution in [-0.4, -0.2) is 32.3 Å². The Morgan fingerprint density at radius 1 is 1.67 bits per heavy atom. The summed E-state index contributed by atoms with van der Waals surface area (Å²) in [7, 11) is 1.60. The van der Waals surface area contributed by atoms with E-state index in [9.17, 15) is 0 Å². The number of hydrogen-bond acceptors (Lipinski definition) is 4. The van der Waals surface area contributed by atoms with Crippen LogP contribution in [0.1, 0.15) is 0 Å². The Labute approximate surface area is 54.7 Å². The summed E-state index contributed by atoms with van der Waals surface area (Å²) in [6.45, 7) is 1.77. The van der Waals surface area contributed by atoms with Crippen molar-refractivity contribution in [1.82, 2.24) is 10.8 Å². The van der Waals surface area contributed by atoms with Crippen molar-refractivity contribution in [1.29, 1.82) is 0 Å². The first-order valence-corrected chi connectivity index (χ1v) is 3.09. The van der Waals surface area contributed by atoms with E-state index in [0.29, 0.717) is 0 Å². The SMILES string of the molecule is CONC1CNCC1N. The molecule has 1 saturated heterocycles. The molecule has 9 heavy (non-hydrogen) atoms. The van der Waals surface area contributed by atoms with Gasteiger partial charge in [0, 0.05) is 19.1 Å². The normalized spacial score (nSPS) is 35.3. The van der Waals surface area contributed by atoms with Crippen molar-refractivity contribution in [3.63, 3.8) is 0 Å². The van der Waals surface area contributed by atoms with Crippen molar-refractivity contribution in [2.24, 2.45) is 5.73 Å². The van der Waals surface area contributed by atoms with Crippen LogP contribution in [0.2, 0.25) is 0 Å². The minimum absolute atomic E-state index is 0.185. The molecule has 4 N–H and O–H groups in total. The first kappa shape index (κ1) is 6.95. The lowest BCUT2D eigenvalue weighted by molar-refractivity contribution is 0.0623. The lowest BCUT2D eigenvalue weighted by Crippen LogP contribution is -2.43. The molecule has 0 bridgehead atoms. The standard InChI is InChI=1S/C5H13N3O/c1-9-8-5-3-7-2-4(5)6/h4-5,7-8H,2-3,6H2,1H3. The van der Waals surface area contributed by atoms with Crippen molar-refractivity contribution in [2.45, 2.75) is 12.1 Å². The molecule has 2 atom stereocenters. The molecular formula is C5H13N3O. The Morgan fingerprint density at radius 2 is 2.44 bits per heavy atom. The Balaban J connectivity index is 2.22. The van der Waals surface area contributed by atoms with Gasteiger partial charge in [0.1, 0.15) is 0 Å². The first-order valence-electron chi connectivity index (χ1n) is 3.09. The second kappa shape index (κ2) is 3.12. The van der Waals surface area contributed by atoms with Gasteiger partial charge in [-0.25, -0.2) is 0 Å².